The molecule has 2 N–H and O–H groups in total. The molecule has 1 atom stereocenters. The second-order valence-corrected chi connectivity index (χ2v) is 7.19. The highest BCUT2D eigenvalue weighted by Crippen LogP contribution is 2.32. The minimum Gasteiger partial charge on any atom is -0.363 e. The quantitative estimate of drug-likeness (QED) is 0.824. The highest BCUT2D eigenvalue weighted by molar-refractivity contribution is 9.10. The number of anilines is 1. The summed E-state index contributed by atoms with van der Waals surface area (Å²) < 4.78 is 1.11. The summed E-state index contributed by atoms with van der Waals surface area (Å²) in [4.78, 5) is 3.78. The zero-order valence-corrected chi connectivity index (χ0v) is 14.5. The summed E-state index contributed by atoms with van der Waals surface area (Å²) in [6.45, 7) is 7.39. The average Bonchev–Trinajstić information content (AvgIpc) is 2.89. The van der Waals surface area contributed by atoms with Crippen LogP contribution in [0.2, 0.25) is 0 Å². The van der Waals surface area contributed by atoms with Crippen LogP contribution >= 0.6 is 27.3 Å². The van der Waals surface area contributed by atoms with Gasteiger partial charge in [-0.05, 0) is 65.8 Å². The Morgan fingerprint density at radius 2 is 2.00 bits per heavy atom. The van der Waals surface area contributed by atoms with Gasteiger partial charge in [0.2, 0.25) is 0 Å². The molecule has 0 bridgehead atoms. The number of hydrogen-bond donors (Lipinski definition) is 1. The summed E-state index contributed by atoms with van der Waals surface area (Å²) in [6, 6.07) is 11.2. The van der Waals surface area contributed by atoms with Crippen LogP contribution in [0.25, 0.3) is 0 Å². The van der Waals surface area contributed by atoms with Crippen molar-refractivity contribution in [2.75, 3.05) is 4.90 Å². The fourth-order valence-corrected chi connectivity index (χ4v) is 3.48. The topological polar surface area (TPSA) is 29.3 Å². The molecule has 0 fully saturated rings. The number of thiophene rings is 1. The van der Waals surface area contributed by atoms with Crippen molar-refractivity contribution < 1.29 is 0 Å². The number of halogens is 1. The van der Waals surface area contributed by atoms with Crippen molar-refractivity contribution in [3.8, 4) is 0 Å². The van der Waals surface area contributed by atoms with Crippen LogP contribution in [-0.4, -0.2) is 6.04 Å². The van der Waals surface area contributed by atoms with Crippen LogP contribution < -0.4 is 10.6 Å². The summed E-state index contributed by atoms with van der Waals surface area (Å²) in [5.74, 6) is 0. The first-order valence-corrected chi connectivity index (χ1v) is 8.50. The Labute approximate surface area is 133 Å². The molecule has 2 nitrogen and oxygen atoms in total. The molecule has 20 heavy (non-hydrogen) atoms. The SMILES string of the molecule is CC(C)N(Cc1cccs1)c1ccc([C@H](C)N)cc1Br. The monoisotopic (exact) mass is 352 g/mol. The molecule has 0 unspecified atom stereocenters. The second-order valence-electron chi connectivity index (χ2n) is 5.30. The van der Waals surface area contributed by atoms with E-state index in [0.29, 0.717) is 6.04 Å². The smallest absolute Gasteiger partial charge is 0.0526 e. The van der Waals surface area contributed by atoms with Gasteiger partial charge < -0.3 is 10.6 Å². The molecule has 0 saturated carbocycles. The van der Waals surface area contributed by atoms with Crippen LogP contribution in [0.1, 0.15) is 37.3 Å². The standard InChI is InChI=1S/C16H21BrN2S/c1-11(2)19(10-14-5-4-8-20-14)16-7-6-13(12(3)18)9-15(16)17/h4-9,11-12H,10,18H2,1-3H3/t12-/m0/s1. The molecule has 4 heteroatoms. The van der Waals surface area contributed by atoms with Crippen molar-refractivity contribution in [3.05, 3.63) is 50.6 Å². The van der Waals surface area contributed by atoms with Crippen molar-refractivity contribution in [1.82, 2.24) is 0 Å². The molecule has 0 amide bonds. The van der Waals surface area contributed by atoms with Gasteiger partial charge in [0.05, 0.1) is 12.2 Å². The van der Waals surface area contributed by atoms with Gasteiger partial charge in [0.15, 0.2) is 0 Å². The summed E-state index contributed by atoms with van der Waals surface area (Å²) in [5.41, 5.74) is 8.32. The molecule has 0 radical (unpaired) electrons. The molecule has 0 spiro atoms. The van der Waals surface area contributed by atoms with Crippen molar-refractivity contribution in [2.24, 2.45) is 5.73 Å². The van der Waals surface area contributed by atoms with Crippen LogP contribution in [0.4, 0.5) is 5.69 Å². The lowest BCUT2D eigenvalue weighted by atomic mass is 10.1. The van der Waals surface area contributed by atoms with E-state index < -0.39 is 0 Å². The highest BCUT2D eigenvalue weighted by Gasteiger charge is 2.15. The minimum absolute atomic E-state index is 0.0603. The second kappa shape index (κ2) is 6.74. The zero-order valence-electron chi connectivity index (χ0n) is 12.1. The van der Waals surface area contributed by atoms with E-state index in [4.69, 9.17) is 5.73 Å². The van der Waals surface area contributed by atoms with Gasteiger partial charge in [0.25, 0.3) is 0 Å². The first kappa shape index (κ1) is 15.5. The molecule has 1 aromatic heterocycles. The lowest BCUT2D eigenvalue weighted by molar-refractivity contribution is 0.685. The average molecular weight is 353 g/mol. The van der Waals surface area contributed by atoms with E-state index in [2.05, 4.69) is 70.4 Å². The normalized spacial score (nSPS) is 12.7. The fraction of sp³-hybridized carbons (Fsp3) is 0.375. The predicted molar refractivity (Wildman–Crippen MR) is 92.4 cm³/mol. The Morgan fingerprint density at radius 3 is 2.50 bits per heavy atom. The predicted octanol–water partition coefficient (Wildman–Crippen LogP) is 4.95. The molecule has 1 aromatic carbocycles. The molecule has 2 aromatic rings. The number of rotatable bonds is 5. The number of nitrogens with two attached hydrogens (primary N) is 1. The van der Waals surface area contributed by atoms with Crippen LogP contribution in [-0.2, 0) is 6.54 Å². The molecule has 0 aliphatic carbocycles. The zero-order chi connectivity index (χ0) is 14.7. The van der Waals surface area contributed by atoms with Gasteiger partial charge in [0.1, 0.15) is 0 Å². The van der Waals surface area contributed by atoms with E-state index in [1.54, 1.807) is 11.3 Å². The first-order chi connectivity index (χ1) is 9.49. The maximum absolute atomic E-state index is 5.95. The van der Waals surface area contributed by atoms with Gasteiger partial charge in [-0.1, -0.05) is 12.1 Å². The van der Waals surface area contributed by atoms with Gasteiger partial charge in [0, 0.05) is 21.4 Å². The molecule has 0 aliphatic heterocycles. The van der Waals surface area contributed by atoms with Crippen molar-refractivity contribution >= 4 is 33.0 Å². The highest BCUT2D eigenvalue weighted by atomic mass is 79.9. The molecule has 108 valence electrons. The summed E-state index contributed by atoms with van der Waals surface area (Å²) in [6.07, 6.45) is 0. The van der Waals surface area contributed by atoms with Crippen molar-refractivity contribution in [2.45, 2.75) is 39.4 Å². The maximum Gasteiger partial charge on any atom is 0.0526 e. The Morgan fingerprint density at radius 1 is 1.25 bits per heavy atom. The van der Waals surface area contributed by atoms with Crippen molar-refractivity contribution in [3.63, 3.8) is 0 Å². The Balaban J connectivity index is 2.30. The van der Waals surface area contributed by atoms with E-state index in [9.17, 15) is 0 Å². The molecule has 0 aliphatic rings. The molecular formula is C16H21BrN2S. The lowest BCUT2D eigenvalue weighted by Gasteiger charge is -2.30. The minimum atomic E-state index is 0.0603. The van der Waals surface area contributed by atoms with Crippen LogP contribution in [0.5, 0.6) is 0 Å². The number of hydrogen-bond acceptors (Lipinski definition) is 3. The lowest BCUT2D eigenvalue weighted by Crippen LogP contribution is -2.30. The van der Waals surface area contributed by atoms with E-state index in [0.717, 1.165) is 16.6 Å². The number of nitrogens with zero attached hydrogens (tertiary/aromatic N) is 1. The third-order valence-electron chi connectivity index (χ3n) is 3.34. The van der Waals surface area contributed by atoms with Gasteiger partial charge in [-0.3, -0.25) is 0 Å². The molecule has 1 heterocycles. The van der Waals surface area contributed by atoms with Crippen LogP contribution in [0.15, 0.2) is 40.2 Å². The summed E-state index contributed by atoms with van der Waals surface area (Å²) in [5, 5.41) is 2.13. The molecule has 2 rings (SSSR count). The summed E-state index contributed by atoms with van der Waals surface area (Å²) in [7, 11) is 0. The van der Waals surface area contributed by atoms with E-state index in [1.165, 1.54) is 10.6 Å². The van der Waals surface area contributed by atoms with Gasteiger partial charge in [-0.15, -0.1) is 11.3 Å². The van der Waals surface area contributed by atoms with Gasteiger partial charge in [-0.25, -0.2) is 0 Å². The van der Waals surface area contributed by atoms with Crippen LogP contribution in [0, 0.1) is 0 Å². The third-order valence-corrected chi connectivity index (χ3v) is 4.83. The van der Waals surface area contributed by atoms with E-state index >= 15 is 0 Å². The summed E-state index contributed by atoms with van der Waals surface area (Å²) >= 11 is 5.49. The first-order valence-electron chi connectivity index (χ1n) is 6.83. The third kappa shape index (κ3) is 3.62. The van der Waals surface area contributed by atoms with Gasteiger partial charge in [-0.2, -0.15) is 0 Å². The molecular weight excluding hydrogens is 332 g/mol. The Hall–Kier alpha value is -0.840. The Bertz CT molecular complexity index is 550. The maximum atomic E-state index is 5.95. The van der Waals surface area contributed by atoms with E-state index in [-0.39, 0.29) is 6.04 Å². The Kier molecular flexibility index (Phi) is 5.24. The van der Waals surface area contributed by atoms with Crippen LogP contribution in [0.3, 0.4) is 0 Å². The number of benzene rings is 1. The molecule has 0 saturated heterocycles. The van der Waals surface area contributed by atoms with E-state index in [1.807, 2.05) is 6.92 Å². The largest absolute Gasteiger partial charge is 0.363 e. The fourth-order valence-electron chi connectivity index (χ4n) is 2.16. The van der Waals surface area contributed by atoms with Crippen molar-refractivity contribution in [1.29, 1.82) is 0 Å². The van der Waals surface area contributed by atoms with Gasteiger partial charge >= 0.3 is 0 Å².